The Morgan fingerprint density at radius 2 is 1.56 bits per heavy atom. The highest BCUT2D eigenvalue weighted by atomic mass is 15.4. The summed E-state index contributed by atoms with van der Waals surface area (Å²) >= 11 is 0. The minimum atomic E-state index is 0.359. The fraction of sp³-hybridized carbons (Fsp3) is 1.00. The number of fused-ring (bicyclic) bond motifs is 2. The van der Waals surface area contributed by atoms with Crippen LogP contribution in [0.5, 0.6) is 0 Å². The van der Waals surface area contributed by atoms with Gasteiger partial charge in [0, 0.05) is 36.8 Å². The number of likely N-dealkylation sites (tertiary alicyclic amines) is 3. The Bertz CT molecular complexity index is 301. The van der Waals surface area contributed by atoms with E-state index in [0.29, 0.717) is 5.54 Å². The minimum absolute atomic E-state index is 0.359. The Hall–Kier alpha value is -0.120. The van der Waals surface area contributed by atoms with Gasteiger partial charge in [-0.05, 0) is 60.2 Å². The molecule has 3 nitrogen and oxygen atoms in total. The molecule has 3 aliphatic rings. The first-order valence-electron chi connectivity index (χ1n) is 7.66. The van der Waals surface area contributed by atoms with Gasteiger partial charge in [-0.2, -0.15) is 0 Å². The van der Waals surface area contributed by atoms with E-state index in [-0.39, 0.29) is 0 Å². The smallest absolute Gasteiger partial charge is 0.0244 e. The zero-order valence-corrected chi connectivity index (χ0v) is 12.5. The second kappa shape index (κ2) is 4.46. The van der Waals surface area contributed by atoms with Crippen LogP contribution >= 0.6 is 0 Å². The van der Waals surface area contributed by atoms with Gasteiger partial charge in [-0.1, -0.05) is 0 Å². The minimum Gasteiger partial charge on any atom is -0.306 e. The molecule has 104 valence electrons. The molecule has 3 saturated heterocycles. The van der Waals surface area contributed by atoms with E-state index in [9.17, 15) is 0 Å². The van der Waals surface area contributed by atoms with Crippen molar-refractivity contribution in [2.45, 2.75) is 63.7 Å². The molecule has 0 spiro atoms. The van der Waals surface area contributed by atoms with Crippen LogP contribution in [0.2, 0.25) is 0 Å². The summed E-state index contributed by atoms with van der Waals surface area (Å²) in [4.78, 5) is 8.06. The fourth-order valence-corrected chi connectivity index (χ4v) is 4.29. The Kier molecular flexibility index (Phi) is 3.20. The predicted molar refractivity (Wildman–Crippen MR) is 75.9 cm³/mol. The maximum atomic E-state index is 2.85. The second-order valence-electron chi connectivity index (χ2n) is 7.60. The summed E-state index contributed by atoms with van der Waals surface area (Å²) in [5, 5.41) is 0. The molecule has 0 aromatic heterocycles. The summed E-state index contributed by atoms with van der Waals surface area (Å²) in [5.41, 5.74) is 0.359. The molecule has 3 fully saturated rings. The second-order valence-corrected chi connectivity index (χ2v) is 7.60. The summed E-state index contributed by atoms with van der Waals surface area (Å²) in [6, 6.07) is 2.55. The summed E-state index contributed by atoms with van der Waals surface area (Å²) in [6.45, 7) is 12.3. The first kappa shape index (κ1) is 12.9. The molecule has 3 rings (SSSR count). The van der Waals surface area contributed by atoms with Crippen LogP contribution in [0.1, 0.15) is 40.0 Å². The zero-order chi connectivity index (χ0) is 12.9. The fourth-order valence-electron chi connectivity index (χ4n) is 4.29. The van der Waals surface area contributed by atoms with Crippen molar-refractivity contribution in [3.63, 3.8) is 0 Å². The molecule has 0 aliphatic carbocycles. The Balaban J connectivity index is 1.61. The SMILES string of the molecule is CN1CCC(N2CC3CC2CN3C(C)(C)C)CC1. The number of rotatable bonds is 1. The molecule has 3 heteroatoms. The van der Waals surface area contributed by atoms with Gasteiger partial charge in [-0.15, -0.1) is 0 Å². The highest BCUT2D eigenvalue weighted by molar-refractivity contribution is 5.05. The van der Waals surface area contributed by atoms with E-state index >= 15 is 0 Å². The molecular formula is C15H29N3. The van der Waals surface area contributed by atoms with Crippen molar-refractivity contribution in [3.05, 3.63) is 0 Å². The average molecular weight is 251 g/mol. The average Bonchev–Trinajstić information content (AvgIpc) is 2.88. The molecule has 0 radical (unpaired) electrons. The quantitative estimate of drug-likeness (QED) is 0.701. The van der Waals surface area contributed by atoms with Gasteiger partial charge in [0.1, 0.15) is 0 Å². The topological polar surface area (TPSA) is 9.72 Å². The maximum Gasteiger partial charge on any atom is 0.0244 e. The molecule has 0 amide bonds. The molecule has 2 unspecified atom stereocenters. The normalized spacial score (nSPS) is 36.7. The summed E-state index contributed by atoms with van der Waals surface area (Å²) in [6.07, 6.45) is 4.19. The van der Waals surface area contributed by atoms with Gasteiger partial charge in [0.25, 0.3) is 0 Å². The molecule has 0 aromatic rings. The summed E-state index contributed by atoms with van der Waals surface area (Å²) in [5.74, 6) is 0. The lowest BCUT2D eigenvalue weighted by atomic mass is 10.0. The van der Waals surface area contributed by atoms with Crippen molar-refractivity contribution in [1.82, 2.24) is 14.7 Å². The van der Waals surface area contributed by atoms with Crippen molar-refractivity contribution in [2.24, 2.45) is 0 Å². The van der Waals surface area contributed by atoms with Crippen LogP contribution in [0.15, 0.2) is 0 Å². The summed E-state index contributed by atoms with van der Waals surface area (Å²) < 4.78 is 0. The van der Waals surface area contributed by atoms with Crippen molar-refractivity contribution in [1.29, 1.82) is 0 Å². The van der Waals surface area contributed by atoms with Gasteiger partial charge in [-0.25, -0.2) is 0 Å². The number of piperazine rings is 1. The van der Waals surface area contributed by atoms with Gasteiger partial charge in [-0.3, -0.25) is 9.80 Å². The lowest BCUT2D eigenvalue weighted by Gasteiger charge is -2.45. The lowest BCUT2D eigenvalue weighted by molar-refractivity contribution is 0.0234. The number of hydrogen-bond acceptors (Lipinski definition) is 3. The van der Waals surface area contributed by atoms with Gasteiger partial charge in [0.05, 0.1) is 0 Å². The van der Waals surface area contributed by atoms with Crippen LogP contribution < -0.4 is 0 Å². The molecular weight excluding hydrogens is 222 g/mol. The Labute approximate surface area is 112 Å². The highest BCUT2D eigenvalue weighted by Crippen LogP contribution is 2.37. The molecule has 0 aromatic carbocycles. The molecule has 0 N–H and O–H groups in total. The standard InChI is InChI=1S/C15H29N3/c1-15(2,3)18-11-13-9-14(18)10-17(13)12-5-7-16(4)8-6-12/h12-14H,5-11H2,1-4H3. The van der Waals surface area contributed by atoms with E-state index in [1.165, 1.54) is 45.4 Å². The molecule has 2 atom stereocenters. The monoisotopic (exact) mass is 251 g/mol. The molecule has 3 heterocycles. The maximum absolute atomic E-state index is 2.85. The van der Waals surface area contributed by atoms with Crippen LogP contribution in [-0.4, -0.2) is 71.6 Å². The van der Waals surface area contributed by atoms with Crippen LogP contribution in [0.25, 0.3) is 0 Å². The Morgan fingerprint density at radius 1 is 0.889 bits per heavy atom. The number of piperidine rings is 1. The third-order valence-electron chi connectivity index (χ3n) is 5.30. The largest absolute Gasteiger partial charge is 0.306 e. The van der Waals surface area contributed by atoms with Crippen LogP contribution in [-0.2, 0) is 0 Å². The number of nitrogens with zero attached hydrogens (tertiary/aromatic N) is 3. The first-order valence-corrected chi connectivity index (χ1v) is 7.66. The lowest BCUT2D eigenvalue weighted by Crippen LogP contribution is -2.56. The van der Waals surface area contributed by atoms with Crippen molar-refractivity contribution in [3.8, 4) is 0 Å². The third kappa shape index (κ3) is 2.21. The third-order valence-corrected chi connectivity index (χ3v) is 5.30. The van der Waals surface area contributed by atoms with Gasteiger partial charge >= 0.3 is 0 Å². The van der Waals surface area contributed by atoms with E-state index < -0.39 is 0 Å². The van der Waals surface area contributed by atoms with E-state index in [4.69, 9.17) is 0 Å². The van der Waals surface area contributed by atoms with Crippen molar-refractivity contribution >= 4 is 0 Å². The van der Waals surface area contributed by atoms with Crippen LogP contribution in [0.3, 0.4) is 0 Å². The van der Waals surface area contributed by atoms with Gasteiger partial charge in [0.2, 0.25) is 0 Å². The van der Waals surface area contributed by atoms with Crippen molar-refractivity contribution in [2.75, 3.05) is 33.2 Å². The highest BCUT2D eigenvalue weighted by Gasteiger charge is 2.48. The Morgan fingerprint density at radius 3 is 2.06 bits per heavy atom. The van der Waals surface area contributed by atoms with E-state index in [1.54, 1.807) is 0 Å². The van der Waals surface area contributed by atoms with Crippen LogP contribution in [0.4, 0.5) is 0 Å². The van der Waals surface area contributed by atoms with E-state index in [0.717, 1.165) is 18.1 Å². The molecule has 3 aliphatic heterocycles. The predicted octanol–water partition coefficient (Wildman–Crippen LogP) is 1.64. The summed E-state index contributed by atoms with van der Waals surface area (Å²) in [7, 11) is 2.26. The van der Waals surface area contributed by atoms with Crippen molar-refractivity contribution < 1.29 is 0 Å². The first-order chi connectivity index (χ1) is 8.45. The number of hydrogen-bond donors (Lipinski definition) is 0. The van der Waals surface area contributed by atoms with Gasteiger partial charge < -0.3 is 4.90 Å². The molecule has 0 saturated carbocycles. The van der Waals surface area contributed by atoms with Crippen LogP contribution in [0, 0.1) is 0 Å². The molecule has 18 heavy (non-hydrogen) atoms. The molecule has 2 bridgehead atoms. The zero-order valence-electron chi connectivity index (χ0n) is 12.5. The van der Waals surface area contributed by atoms with E-state index in [2.05, 4.69) is 42.5 Å². The van der Waals surface area contributed by atoms with E-state index in [1.807, 2.05) is 0 Å². The van der Waals surface area contributed by atoms with Gasteiger partial charge in [0.15, 0.2) is 0 Å².